The number of benzene rings is 3. The number of phenols is 1. The van der Waals surface area contributed by atoms with Crippen molar-refractivity contribution in [3.8, 4) is 11.5 Å². The highest BCUT2D eigenvalue weighted by Gasteiger charge is 2.12. The number of carbonyl (C=O) groups is 2. The van der Waals surface area contributed by atoms with Gasteiger partial charge < -0.3 is 15.2 Å². The molecule has 3 N–H and O–H groups in total. The number of carbonyl (C=O) groups excluding carboxylic acids is 2. The second kappa shape index (κ2) is 10.2. The number of ether oxygens (including phenoxy) is 1. The Labute approximate surface area is 192 Å². The Balaban J connectivity index is 1.62. The van der Waals surface area contributed by atoms with E-state index in [0.717, 1.165) is 0 Å². The number of phenolic OH excluding ortho intramolecular Hbond substituents is 1. The van der Waals surface area contributed by atoms with E-state index < -0.39 is 16.7 Å². The van der Waals surface area contributed by atoms with Gasteiger partial charge in [-0.25, -0.2) is 5.43 Å². The van der Waals surface area contributed by atoms with Gasteiger partial charge in [-0.15, -0.1) is 0 Å². The van der Waals surface area contributed by atoms with Gasteiger partial charge >= 0.3 is 0 Å². The number of rotatable bonds is 7. The summed E-state index contributed by atoms with van der Waals surface area (Å²) in [7, 11) is 1.38. The van der Waals surface area contributed by atoms with Gasteiger partial charge in [-0.05, 0) is 48.0 Å². The van der Waals surface area contributed by atoms with Crippen LogP contribution in [0.25, 0.3) is 0 Å². The van der Waals surface area contributed by atoms with Gasteiger partial charge in [0.2, 0.25) is 0 Å². The van der Waals surface area contributed by atoms with Crippen molar-refractivity contribution >= 4 is 41.0 Å². The molecule has 168 valence electrons. The van der Waals surface area contributed by atoms with Crippen molar-refractivity contribution in [2.24, 2.45) is 5.10 Å². The van der Waals surface area contributed by atoms with E-state index >= 15 is 0 Å². The number of hydrogen-bond acceptors (Lipinski definition) is 7. The first-order valence-corrected chi connectivity index (χ1v) is 9.72. The molecule has 0 aliphatic heterocycles. The molecule has 3 rings (SSSR count). The summed E-state index contributed by atoms with van der Waals surface area (Å²) in [5.41, 5.74) is 3.47. The quantitative estimate of drug-likeness (QED) is 0.272. The van der Waals surface area contributed by atoms with E-state index in [1.807, 2.05) is 0 Å². The smallest absolute Gasteiger partial charge is 0.271 e. The molecule has 3 aromatic carbocycles. The fourth-order valence-electron chi connectivity index (χ4n) is 2.72. The molecule has 0 aromatic heterocycles. The monoisotopic (exact) mass is 468 g/mol. The molecule has 0 saturated heterocycles. The minimum Gasteiger partial charge on any atom is -0.503 e. The summed E-state index contributed by atoms with van der Waals surface area (Å²) < 4.78 is 5.00. The highest BCUT2D eigenvalue weighted by molar-refractivity contribution is 6.32. The molecule has 10 nitrogen and oxygen atoms in total. The number of non-ortho nitro benzene ring substituents is 1. The van der Waals surface area contributed by atoms with E-state index in [4.69, 9.17) is 16.3 Å². The lowest BCUT2D eigenvalue weighted by Gasteiger charge is -2.07. The van der Waals surface area contributed by atoms with Crippen LogP contribution in [0.5, 0.6) is 11.5 Å². The van der Waals surface area contributed by atoms with Gasteiger partial charge in [0.1, 0.15) is 0 Å². The SMILES string of the molecule is COc1cc(C=NNC(=O)c2ccc(NC(=O)c3cccc([N+](=O)[O-])c3)cc2)cc(Cl)c1O. The number of anilines is 1. The van der Waals surface area contributed by atoms with Gasteiger partial charge in [0.25, 0.3) is 17.5 Å². The molecular weight excluding hydrogens is 452 g/mol. The van der Waals surface area contributed by atoms with Crippen molar-refractivity contribution in [1.82, 2.24) is 5.43 Å². The summed E-state index contributed by atoms with van der Waals surface area (Å²) in [6.45, 7) is 0. The normalized spacial score (nSPS) is 10.6. The largest absolute Gasteiger partial charge is 0.503 e. The molecule has 3 aromatic rings. The lowest BCUT2D eigenvalue weighted by molar-refractivity contribution is -0.384. The van der Waals surface area contributed by atoms with Crippen LogP contribution in [0.3, 0.4) is 0 Å². The maximum Gasteiger partial charge on any atom is 0.271 e. The van der Waals surface area contributed by atoms with Crippen molar-refractivity contribution in [2.45, 2.75) is 0 Å². The third-order valence-corrected chi connectivity index (χ3v) is 4.66. The minimum absolute atomic E-state index is 0.0740. The molecule has 0 saturated carbocycles. The Morgan fingerprint density at radius 2 is 1.82 bits per heavy atom. The van der Waals surface area contributed by atoms with Crippen molar-refractivity contribution in [3.63, 3.8) is 0 Å². The van der Waals surface area contributed by atoms with Gasteiger partial charge in [0.15, 0.2) is 11.5 Å². The lowest BCUT2D eigenvalue weighted by Crippen LogP contribution is -2.18. The van der Waals surface area contributed by atoms with Crippen LogP contribution in [-0.4, -0.2) is 35.2 Å². The number of nitro benzene ring substituents is 1. The number of amides is 2. The van der Waals surface area contributed by atoms with Crippen LogP contribution in [0.2, 0.25) is 5.02 Å². The van der Waals surface area contributed by atoms with E-state index in [-0.39, 0.29) is 33.3 Å². The van der Waals surface area contributed by atoms with Gasteiger partial charge in [0.05, 0.1) is 23.3 Å². The van der Waals surface area contributed by atoms with Gasteiger partial charge in [-0.1, -0.05) is 17.7 Å². The number of aromatic hydroxyl groups is 1. The van der Waals surface area contributed by atoms with Gasteiger partial charge in [-0.2, -0.15) is 5.10 Å². The van der Waals surface area contributed by atoms with Crippen LogP contribution in [0.1, 0.15) is 26.3 Å². The molecule has 0 aliphatic rings. The Kier molecular flexibility index (Phi) is 7.21. The van der Waals surface area contributed by atoms with Crippen LogP contribution in [0.4, 0.5) is 11.4 Å². The first kappa shape index (κ1) is 23.2. The number of nitrogens with zero attached hydrogens (tertiary/aromatic N) is 2. The van der Waals surface area contributed by atoms with Gasteiger partial charge in [0, 0.05) is 28.9 Å². The zero-order valence-electron chi connectivity index (χ0n) is 17.1. The van der Waals surface area contributed by atoms with E-state index in [1.165, 1.54) is 74.0 Å². The molecule has 0 heterocycles. The predicted molar refractivity (Wildman–Crippen MR) is 122 cm³/mol. The third-order valence-electron chi connectivity index (χ3n) is 4.37. The molecule has 0 spiro atoms. The second-order valence-electron chi connectivity index (χ2n) is 6.59. The summed E-state index contributed by atoms with van der Waals surface area (Å²) in [5, 5.41) is 27.1. The third kappa shape index (κ3) is 5.83. The molecule has 2 amide bonds. The minimum atomic E-state index is -0.584. The second-order valence-corrected chi connectivity index (χ2v) is 7.00. The van der Waals surface area contributed by atoms with Crippen LogP contribution in [-0.2, 0) is 0 Å². The van der Waals surface area contributed by atoms with E-state index in [1.54, 1.807) is 0 Å². The number of nitrogens with one attached hydrogen (secondary N) is 2. The van der Waals surface area contributed by atoms with E-state index in [9.17, 15) is 24.8 Å². The summed E-state index contributed by atoms with van der Waals surface area (Å²) in [6, 6.07) is 14.3. The fraction of sp³-hybridized carbons (Fsp3) is 0.0455. The van der Waals surface area contributed by atoms with Crippen LogP contribution >= 0.6 is 11.6 Å². The first-order valence-electron chi connectivity index (χ1n) is 9.34. The number of methoxy groups -OCH3 is 1. The Hall–Kier alpha value is -4.44. The summed E-state index contributed by atoms with van der Waals surface area (Å²) >= 11 is 5.91. The zero-order chi connectivity index (χ0) is 24.0. The molecule has 0 unspecified atom stereocenters. The highest BCUT2D eigenvalue weighted by Crippen LogP contribution is 2.34. The average Bonchev–Trinajstić information content (AvgIpc) is 2.81. The maximum absolute atomic E-state index is 12.3. The number of nitro groups is 1. The molecule has 0 aliphatic carbocycles. The summed E-state index contributed by atoms with van der Waals surface area (Å²) in [6.07, 6.45) is 1.33. The Morgan fingerprint density at radius 1 is 1.09 bits per heavy atom. The number of hydrazone groups is 1. The molecule has 11 heteroatoms. The van der Waals surface area contributed by atoms with Crippen molar-refractivity contribution < 1.29 is 24.4 Å². The zero-order valence-corrected chi connectivity index (χ0v) is 17.9. The lowest BCUT2D eigenvalue weighted by atomic mass is 10.1. The number of halogens is 1. The average molecular weight is 469 g/mol. The number of hydrogen-bond donors (Lipinski definition) is 3. The Bertz CT molecular complexity index is 1240. The fourth-order valence-corrected chi connectivity index (χ4v) is 2.94. The predicted octanol–water partition coefficient (Wildman–Crippen LogP) is 3.98. The summed E-state index contributed by atoms with van der Waals surface area (Å²) in [4.78, 5) is 34.8. The van der Waals surface area contributed by atoms with Gasteiger partial charge in [-0.3, -0.25) is 19.7 Å². The molecule has 0 atom stereocenters. The Morgan fingerprint density at radius 3 is 2.48 bits per heavy atom. The molecule has 0 fully saturated rings. The standard InChI is InChI=1S/C22H17ClN4O6/c1-33-19-10-13(9-18(23)20(19)28)12-24-26-22(30)14-5-7-16(8-6-14)25-21(29)15-3-2-4-17(11-15)27(31)32/h2-12,28H,1H3,(H,25,29)(H,26,30). The van der Waals surface area contributed by atoms with Crippen LogP contribution in [0.15, 0.2) is 65.8 Å². The van der Waals surface area contributed by atoms with E-state index in [2.05, 4.69) is 15.8 Å². The highest BCUT2D eigenvalue weighted by atomic mass is 35.5. The van der Waals surface area contributed by atoms with E-state index in [0.29, 0.717) is 11.3 Å². The van der Waals surface area contributed by atoms with Crippen molar-refractivity contribution in [3.05, 3.63) is 92.5 Å². The molecule has 0 radical (unpaired) electrons. The molecule has 0 bridgehead atoms. The van der Waals surface area contributed by atoms with Crippen molar-refractivity contribution in [1.29, 1.82) is 0 Å². The molecule has 33 heavy (non-hydrogen) atoms. The van der Waals surface area contributed by atoms with Crippen molar-refractivity contribution in [2.75, 3.05) is 12.4 Å². The topological polar surface area (TPSA) is 143 Å². The maximum atomic E-state index is 12.3. The van der Waals surface area contributed by atoms with Crippen LogP contribution < -0.4 is 15.5 Å². The summed E-state index contributed by atoms with van der Waals surface area (Å²) in [5.74, 6) is -1.06. The molecular formula is C22H17ClN4O6. The first-order chi connectivity index (χ1) is 15.8. The van der Waals surface area contributed by atoms with Crippen LogP contribution in [0, 0.1) is 10.1 Å².